The minimum Gasteiger partial charge on any atom is -0.494 e. The van der Waals surface area contributed by atoms with Crippen LogP contribution in [0.15, 0.2) is 67.4 Å². The number of aromatic nitrogens is 5. The molecule has 0 atom stereocenters. The maximum Gasteiger partial charge on any atom is 0.416 e. The molecular weight excluding hydrogens is 466 g/mol. The van der Waals surface area contributed by atoms with E-state index in [2.05, 4.69) is 15.1 Å². The first-order valence-electron chi connectivity index (χ1n) is 10.3. The van der Waals surface area contributed by atoms with E-state index in [9.17, 15) is 22.7 Å². The van der Waals surface area contributed by atoms with Gasteiger partial charge in [-0.05, 0) is 29.3 Å². The van der Waals surface area contributed by atoms with Crippen LogP contribution in [-0.2, 0) is 19.8 Å². The average molecular weight is 483 g/mol. The Labute approximate surface area is 195 Å². The number of fused-ring (bicyclic) bond motifs is 1. The van der Waals surface area contributed by atoms with Crippen molar-refractivity contribution in [2.75, 3.05) is 0 Å². The lowest BCUT2D eigenvalue weighted by Gasteiger charge is -2.10. The normalized spacial score (nSPS) is 11.8. The zero-order chi connectivity index (χ0) is 24.7. The smallest absolute Gasteiger partial charge is 0.416 e. The summed E-state index contributed by atoms with van der Waals surface area (Å²) in [6.45, 7) is 0.295. The second-order valence-electron chi connectivity index (χ2n) is 7.86. The Balaban J connectivity index is 1.42. The molecule has 0 aliphatic rings. The predicted molar refractivity (Wildman–Crippen MR) is 118 cm³/mol. The highest BCUT2D eigenvalue weighted by molar-refractivity contribution is 5.89. The van der Waals surface area contributed by atoms with E-state index in [0.717, 1.165) is 29.1 Å². The van der Waals surface area contributed by atoms with Crippen LogP contribution < -0.4 is 4.74 Å². The van der Waals surface area contributed by atoms with E-state index < -0.39 is 23.3 Å². The van der Waals surface area contributed by atoms with Gasteiger partial charge >= 0.3 is 6.18 Å². The van der Waals surface area contributed by atoms with Gasteiger partial charge in [-0.25, -0.2) is 14.4 Å². The van der Waals surface area contributed by atoms with Crippen LogP contribution in [0.4, 0.5) is 17.6 Å². The summed E-state index contributed by atoms with van der Waals surface area (Å²) < 4.78 is 61.4. The Morgan fingerprint density at radius 3 is 2.43 bits per heavy atom. The number of alkyl halides is 3. The molecule has 0 aliphatic heterocycles. The van der Waals surface area contributed by atoms with Crippen molar-refractivity contribution >= 4 is 10.9 Å². The van der Waals surface area contributed by atoms with Crippen molar-refractivity contribution in [1.82, 2.24) is 24.3 Å². The van der Waals surface area contributed by atoms with E-state index in [0.29, 0.717) is 24.2 Å². The lowest BCUT2D eigenvalue weighted by Crippen LogP contribution is -2.05. The fourth-order valence-electron chi connectivity index (χ4n) is 3.67. The number of rotatable bonds is 5. The number of halogens is 4. The first kappa shape index (κ1) is 22.4. The molecule has 0 bridgehead atoms. The van der Waals surface area contributed by atoms with Crippen molar-refractivity contribution in [1.29, 1.82) is 0 Å². The molecular formula is C24H17F4N5O2. The lowest BCUT2D eigenvalue weighted by atomic mass is 10.1. The van der Waals surface area contributed by atoms with E-state index in [1.54, 1.807) is 17.1 Å². The van der Waals surface area contributed by atoms with Gasteiger partial charge in [0.25, 0.3) is 0 Å². The summed E-state index contributed by atoms with van der Waals surface area (Å²) in [6.07, 6.45) is 1.72. The van der Waals surface area contributed by atoms with Crippen molar-refractivity contribution < 1.29 is 27.4 Å². The molecule has 0 aliphatic carbocycles. The molecule has 5 rings (SSSR count). The summed E-state index contributed by atoms with van der Waals surface area (Å²) in [5.41, 5.74) is 2.04. The van der Waals surface area contributed by atoms with E-state index in [1.807, 2.05) is 37.5 Å². The Morgan fingerprint density at radius 1 is 1.00 bits per heavy atom. The summed E-state index contributed by atoms with van der Waals surface area (Å²) in [7, 11) is 1.84. The third-order valence-corrected chi connectivity index (χ3v) is 5.43. The Bertz CT molecular complexity index is 1520. The zero-order valence-corrected chi connectivity index (χ0v) is 18.2. The number of aromatic hydroxyl groups is 1. The third kappa shape index (κ3) is 4.39. The highest BCUT2D eigenvalue weighted by atomic mass is 19.4. The second-order valence-corrected chi connectivity index (χ2v) is 7.86. The Kier molecular flexibility index (Phi) is 5.39. The van der Waals surface area contributed by atoms with Crippen molar-refractivity contribution in [3.05, 3.63) is 84.3 Å². The van der Waals surface area contributed by atoms with E-state index in [-0.39, 0.29) is 17.1 Å². The molecule has 0 unspecified atom stereocenters. The maximum atomic E-state index is 14.3. The fourth-order valence-corrected chi connectivity index (χ4v) is 3.67. The van der Waals surface area contributed by atoms with Gasteiger partial charge < -0.3 is 14.4 Å². The Hall–Kier alpha value is -4.41. The van der Waals surface area contributed by atoms with Gasteiger partial charge in [0.1, 0.15) is 11.7 Å². The van der Waals surface area contributed by atoms with E-state index in [1.165, 1.54) is 4.57 Å². The van der Waals surface area contributed by atoms with Gasteiger partial charge in [0.2, 0.25) is 11.8 Å². The highest BCUT2D eigenvalue weighted by Gasteiger charge is 2.31. The maximum absolute atomic E-state index is 14.3. The SMILES string of the molecule is Cn1cc(-c2ccc(Cn3cc4ncnc(Oc5ccc(C(F)(F)F)cc5F)c4c3O)cc2)cn1. The number of hydrogen-bond donors (Lipinski definition) is 1. The monoisotopic (exact) mass is 483 g/mol. The van der Waals surface area contributed by atoms with Gasteiger partial charge in [0.15, 0.2) is 11.6 Å². The molecule has 2 aromatic carbocycles. The first-order chi connectivity index (χ1) is 16.7. The van der Waals surface area contributed by atoms with Crippen LogP contribution in [-0.4, -0.2) is 29.4 Å². The topological polar surface area (TPSA) is 78.0 Å². The summed E-state index contributed by atoms with van der Waals surface area (Å²) in [6, 6.07) is 9.61. The number of nitrogens with zero attached hydrogens (tertiary/aromatic N) is 5. The van der Waals surface area contributed by atoms with Gasteiger partial charge in [-0.15, -0.1) is 0 Å². The molecule has 0 amide bonds. The molecule has 0 fully saturated rings. The van der Waals surface area contributed by atoms with Gasteiger partial charge in [-0.1, -0.05) is 24.3 Å². The standard InChI is InChI=1S/C24H17F4N5O2/c1-32-11-16(9-31-32)15-4-2-14(3-5-15)10-33-12-19-21(23(33)34)22(30-13-29-19)35-20-7-6-17(8-18(20)25)24(26,27)28/h2-9,11-13,34H,10H2,1H3. The molecule has 0 saturated heterocycles. The molecule has 5 aromatic rings. The van der Waals surface area contributed by atoms with Gasteiger partial charge in [0, 0.05) is 25.0 Å². The minimum atomic E-state index is -4.69. The van der Waals surface area contributed by atoms with Crippen LogP contribution in [0, 0.1) is 5.82 Å². The average Bonchev–Trinajstić information content (AvgIpc) is 3.39. The highest BCUT2D eigenvalue weighted by Crippen LogP contribution is 2.37. The third-order valence-electron chi connectivity index (χ3n) is 5.43. The van der Waals surface area contributed by atoms with Crippen LogP contribution in [0.3, 0.4) is 0 Å². The largest absolute Gasteiger partial charge is 0.494 e. The zero-order valence-electron chi connectivity index (χ0n) is 18.2. The van der Waals surface area contributed by atoms with Gasteiger partial charge in [0.05, 0.1) is 23.8 Å². The number of aryl methyl sites for hydroxylation is 1. The van der Waals surface area contributed by atoms with Crippen molar-refractivity contribution in [3.8, 4) is 28.6 Å². The summed E-state index contributed by atoms with van der Waals surface area (Å²) in [4.78, 5) is 8.05. The molecule has 7 nitrogen and oxygen atoms in total. The second kappa shape index (κ2) is 8.42. The predicted octanol–water partition coefficient (Wildman–Crippen LogP) is 5.54. The summed E-state index contributed by atoms with van der Waals surface area (Å²) in [5, 5.41) is 15.1. The Morgan fingerprint density at radius 2 is 1.77 bits per heavy atom. The molecule has 3 heterocycles. The van der Waals surface area contributed by atoms with Crippen molar-refractivity contribution in [2.45, 2.75) is 12.7 Å². The molecule has 11 heteroatoms. The van der Waals surface area contributed by atoms with Crippen LogP contribution in [0.25, 0.3) is 22.0 Å². The number of hydrogen-bond acceptors (Lipinski definition) is 5. The number of ether oxygens (including phenoxy) is 1. The van der Waals surface area contributed by atoms with Crippen LogP contribution in [0.1, 0.15) is 11.1 Å². The molecule has 0 radical (unpaired) electrons. The molecule has 1 N–H and O–H groups in total. The molecule has 35 heavy (non-hydrogen) atoms. The molecule has 178 valence electrons. The quantitative estimate of drug-likeness (QED) is 0.333. The van der Waals surface area contributed by atoms with Crippen LogP contribution in [0.2, 0.25) is 0 Å². The lowest BCUT2D eigenvalue weighted by molar-refractivity contribution is -0.137. The molecule has 0 saturated carbocycles. The molecule has 3 aromatic heterocycles. The summed E-state index contributed by atoms with van der Waals surface area (Å²) in [5.74, 6) is -2.08. The van der Waals surface area contributed by atoms with E-state index in [4.69, 9.17) is 4.74 Å². The van der Waals surface area contributed by atoms with Crippen LogP contribution in [0.5, 0.6) is 17.5 Å². The fraction of sp³-hybridized carbons (Fsp3) is 0.125. The van der Waals surface area contributed by atoms with Crippen molar-refractivity contribution in [2.24, 2.45) is 7.05 Å². The summed E-state index contributed by atoms with van der Waals surface area (Å²) >= 11 is 0. The van der Waals surface area contributed by atoms with E-state index >= 15 is 0 Å². The minimum absolute atomic E-state index is 0.110. The molecule has 0 spiro atoms. The van der Waals surface area contributed by atoms with Gasteiger partial charge in [-0.2, -0.15) is 18.3 Å². The van der Waals surface area contributed by atoms with Crippen LogP contribution >= 0.6 is 0 Å². The first-order valence-corrected chi connectivity index (χ1v) is 10.3. The van der Waals surface area contributed by atoms with Gasteiger partial charge in [-0.3, -0.25) is 4.68 Å². The van der Waals surface area contributed by atoms with Crippen molar-refractivity contribution in [3.63, 3.8) is 0 Å². The number of benzene rings is 2.